The lowest BCUT2D eigenvalue weighted by atomic mass is 10.0. The van der Waals surface area contributed by atoms with Crippen LogP contribution in [0.2, 0.25) is 5.02 Å². The standard InChI is InChI=1S/C27H35BrClN5O.H2/c28-25-17-21(27(35)31-23-3-1-2-4-23)18-30-26(25)34-15-13-33(14-16-34)24-9-11-32(12-10-24)19-20-5-7-22(29)8-6-20;/h5-8,17-18,23-24H,1-4,9-16,19H2,(H,31,35);1H. The normalized spacial score (nSPS) is 20.9. The average Bonchev–Trinajstić information content (AvgIpc) is 3.39. The first kappa shape index (κ1) is 25.0. The minimum atomic E-state index is -0.0103. The molecule has 3 heterocycles. The highest BCUT2D eigenvalue weighted by Gasteiger charge is 2.28. The second-order valence-electron chi connectivity index (χ2n) is 10.1. The van der Waals surface area contributed by atoms with Crippen molar-refractivity contribution in [3.63, 3.8) is 0 Å². The lowest BCUT2D eigenvalue weighted by Gasteiger charge is -2.43. The van der Waals surface area contributed by atoms with Crippen molar-refractivity contribution in [3.05, 3.63) is 57.2 Å². The summed E-state index contributed by atoms with van der Waals surface area (Å²) in [7, 11) is 0. The molecule has 3 fully saturated rings. The molecule has 2 saturated heterocycles. The number of hydrogen-bond donors (Lipinski definition) is 1. The fourth-order valence-electron chi connectivity index (χ4n) is 5.72. The molecule has 2 aromatic rings. The van der Waals surface area contributed by atoms with E-state index < -0.39 is 0 Å². The number of hydrogen-bond acceptors (Lipinski definition) is 5. The minimum Gasteiger partial charge on any atom is -0.353 e. The van der Waals surface area contributed by atoms with Crippen molar-refractivity contribution in [2.45, 2.75) is 57.2 Å². The van der Waals surface area contributed by atoms with E-state index in [1.165, 1.54) is 31.2 Å². The van der Waals surface area contributed by atoms with Crippen molar-refractivity contribution >= 4 is 39.3 Å². The fraction of sp³-hybridized carbons (Fsp3) is 0.556. The summed E-state index contributed by atoms with van der Waals surface area (Å²) >= 11 is 9.70. The number of piperidine rings is 1. The Hall–Kier alpha value is -1.67. The lowest BCUT2D eigenvalue weighted by Crippen LogP contribution is -2.53. The maximum Gasteiger partial charge on any atom is 0.253 e. The molecule has 0 unspecified atom stereocenters. The monoisotopic (exact) mass is 561 g/mol. The van der Waals surface area contributed by atoms with E-state index >= 15 is 0 Å². The Morgan fingerprint density at radius 2 is 1.71 bits per heavy atom. The molecule has 1 aromatic heterocycles. The number of piperazine rings is 1. The summed E-state index contributed by atoms with van der Waals surface area (Å²) < 4.78 is 0.903. The summed E-state index contributed by atoms with van der Waals surface area (Å²) in [4.78, 5) is 24.8. The van der Waals surface area contributed by atoms with Gasteiger partial charge in [-0.05, 0) is 78.5 Å². The molecule has 1 saturated carbocycles. The Balaban J connectivity index is 0.00000304. The topological polar surface area (TPSA) is 51.7 Å². The van der Waals surface area contributed by atoms with E-state index in [1.54, 1.807) is 6.20 Å². The molecular formula is C27H37BrClN5O. The number of carbonyl (C=O) groups excluding carboxylic acids is 1. The maximum absolute atomic E-state index is 12.6. The number of amides is 1. The van der Waals surface area contributed by atoms with Gasteiger partial charge in [0.15, 0.2) is 0 Å². The minimum absolute atomic E-state index is 0. The third kappa shape index (κ3) is 6.37. The van der Waals surface area contributed by atoms with Crippen LogP contribution >= 0.6 is 27.5 Å². The van der Waals surface area contributed by atoms with Crippen LogP contribution in [0.5, 0.6) is 0 Å². The van der Waals surface area contributed by atoms with Crippen molar-refractivity contribution in [1.29, 1.82) is 0 Å². The molecular weight excluding hydrogens is 526 g/mol. The van der Waals surface area contributed by atoms with Crippen molar-refractivity contribution in [1.82, 2.24) is 20.1 Å². The summed E-state index contributed by atoms with van der Waals surface area (Å²) in [6, 6.07) is 11.1. The zero-order valence-corrected chi connectivity index (χ0v) is 22.6. The van der Waals surface area contributed by atoms with Crippen LogP contribution in [-0.4, -0.2) is 72.0 Å². The number of anilines is 1. The predicted octanol–water partition coefficient (Wildman–Crippen LogP) is 5.20. The Morgan fingerprint density at radius 3 is 2.37 bits per heavy atom. The molecule has 35 heavy (non-hydrogen) atoms. The Bertz CT molecular complexity index is 1000. The smallest absolute Gasteiger partial charge is 0.253 e. The third-order valence-corrected chi connectivity index (χ3v) is 8.62. The van der Waals surface area contributed by atoms with Gasteiger partial charge in [0.2, 0.25) is 0 Å². The molecule has 3 aliphatic rings. The van der Waals surface area contributed by atoms with Gasteiger partial charge in [0.05, 0.1) is 10.0 Å². The average molecular weight is 563 g/mol. The van der Waals surface area contributed by atoms with Crippen LogP contribution < -0.4 is 10.2 Å². The van der Waals surface area contributed by atoms with Gasteiger partial charge in [-0.15, -0.1) is 0 Å². The van der Waals surface area contributed by atoms with Gasteiger partial charge in [0.1, 0.15) is 5.82 Å². The maximum atomic E-state index is 12.6. The first-order valence-electron chi connectivity index (χ1n) is 13.0. The fourth-order valence-corrected chi connectivity index (χ4v) is 6.44. The number of likely N-dealkylation sites (tertiary alicyclic amines) is 1. The Morgan fingerprint density at radius 1 is 1.03 bits per heavy atom. The highest BCUT2D eigenvalue weighted by atomic mass is 79.9. The summed E-state index contributed by atoms with van der Waals surface area (Å²) in [6.45, 7) is 7.33. The number of aromatic nitrogens is 1. The SMILES string of the molecule is O=C(NC1CCCC1)c1cnc(N2CCN(C3CCN(Cc4ccc(Cl)cc4)CC3)CC2)c(Br)c1.[HH]. The molecule has 2 aliphatic heterocycles. The molecule has 5 rings (SSSR count). The van der Waals surface area contributed by atoms with Gasteiger partial charge < -0.3 is 10.2 Å². The molecule has 0 bridgehead atoms. The van der Waals surface area contributed by atoms with Gasteiger partial charge in [-0.3, -0.25) is 14.6 Å². The van der Waals surface area contributed by atoms with Gasteiger partial charge in [-0.1, -0.05) is 36.6 Å². The van der Waals surface area contributed by atoms with Crippen LogP contribution in [0.1, 0.15) is 55.9 Å². The van der Waals surface area contributed by atoms with E-state index in [0.717, 1.165) is 74.0 Å². The van der Waals surface area contributed by atoms with Crippen molar-refractivity contribution < 1.29 is 6.22 Å². The number of rotatable bonds is 6. The predicted molar refractivity (Wildman–Crippen MR) is 147 cm³/mol. The van der Waals surface area contributed by atoms with Crippen LogP contribution in [0.4, 0.5) is 5.82 Å². The highest BCUT2D eigenvalue weighted by molar-refractivity contribution is 9.10. The van der Waals surface area contributed by atoms with E-state index in [9.17, 15) is 4.79 Å². The van der Waals surface area contributed by atoms with Crippen LogP contribution in [0, 0.1) is 0 Å². The molecule has 1 amide bonds. The second kappa shape index (κ2) is 11.6. The van der Waals surface area contributed by atoms with Crippen LogP contribution in [0.25, 0.3) is 0 Å². The van der Waals surface area contributed by atoms with Crippen LogP contribution in [0.15, 0.2) is 41.0 Å². The van der Waals surface area contributed by atoms with Gasteiger partial charge in [-0.2, -0.15) is 0 Å². The van der Waals surface area contributed by atoms with E-state index in [4.69, 9.17) is 11.6 Å². The number of carbonyl (C=O) groups is 1. The molecule has 0 spiro atoms. The lowest BCUT2D eigenvalue weighted by molar-refractivity contribution is 0.0937. The highest BCUT2D eigenvalue weighted by Crippen LogP contribution is 2.28. The van der Waals surface area contributed by atoms with Crippen LogP contribution in [-0.2, 0) is 6.54 Å². The van der Waals surface area contributed by atoms with Gasteiger partial charge >= 0.3 is 0 Å². The molecule has 0 atom stereocenters. The van der Waals surface area contributed by atoms with Crippen molar-refractivity contribution in [2.24, 2.45) is 0 Å². The zero-order chi connectivity index (χ0) is 24.2. The number of nitrogens with zero attached hydrogens (tertiary/aromatic N) is 4. The molecule has 8 heteroatoms. The molecule has 1 aliphatic carbocycles. The Labute approximate surface area is 223 Å². The molecule has 190 valence electrons. The first-order chi connectivity index (χ1) is 17.0. The quantitative estimate of drug-likeness (QED) is 0.524. The first-order valence-corrected chi connectivity index (χ1v) is 14.1. The van der Waals surface area contributed by atoms with Crippen LogP contribution in [0.3, 0.4) is 0 Å². The largest absolute Gasteiger partial charge is 0.353 e. The molecule has 1 N–H and O–H groups in total. The number of nitrogens with one attached hydrogen (secondary N) is 1. The summed E-state index contributed by atoms with van der Waals surface area (Å²) in [5.74, 6) is 0.934. The van der Waals surface area contributed by atoms with E-state index in [0.29, 0.717) is 17.6 Å². The van der Waals surface area contributed by atoms with Gasteiger partial charge in [-0.25, -0.2) is 4.98 Å². The third-order valence-electron chi connectivity index (χ3n) is 7.78. The zero-order valence-electron chi connectivity index (χ0n) is 20.3. The molecule has 1 aromatic carbocycles. The van der Waals surface area contributed by atoms with E-state index in [2.05, 4.69) is 53.1 Å². The molecule has 6 nitrogen and oxygen atoms in total. The number of benzene rings is 1. The van der Waals surface area contributed by atoms with Gasteiger partial charge in [0.25, 0.3) is 5.91 Å². The summed E-state index contributed by atoms with van der Waals surface area (Å²) in [5.41, 5.74) is 1.97. The molecule has 0 radical (unpaired) electrons. The summed E-state index contributed by atoms with van der Waals surface area (Å²) in [6.07, 6.45) is 8.77. The second-order valence-corrected chi connectivity index (χ2v) is 11.4. The van der Waals surface area contributed by atoms with Crippen molar-refractivity contribution in [2.75, 3.05) is 44.2 Å². The number of pyridine rings is 1. The Kier molecular flexibility index (Phi) is 8.28. The van der Waals surface area contributed by atoms with E-state index in [1.807, 2.05) is 18.2 Å². The van der Waals surface area contributed by atoms with Crippen molar-refractivity contribution in [3.8, 4) is 0 Å². The number of halogens is 2. The summed E-state index contributed by atoms with van der Waals surface area (Å²) in [5, 5.41) is 3.95. The van der Waals surface area contributed by atoms with Gasteiger partial charge in [0, 0.05) is 57.5 Å². The van der Waals surface area contributed by atoms with E-state index in [-0.39, 0.29) is 7.33 Å².